The first-order chi connectivity index (χ1) is 9.06. The number of nitrogens with zero attached hydrogens (tertiary/aromatic N) is 1. The van der Waals surface area contributed by atoms with Crippen LogP contribution in [0.1, 0.15) is 22.2 Å². The maximum absolute atomic E-state index is 11.8. The highest BCUT2D eigenvalue weighted by Gasteiger charge is 2.06. The first-order valence-electron chi connectivity index (χ1n) is 5.42. The van der Waals surface area contributed by atoms with Gasteiger partial charge in [-0.1, -0.05) is 29.3 Å². The fourth-order valence-electron chi connectivity index (χ4n) is 1.39. The largest absolute Gasteiger partial charge is 0.271 e. The van der Waals surface area contributed by atoms with Crippen LogP contribution in [0.3, 0.4) is 0 Å². The van der Waals surface area contributed by atoms with Crippen molar-refractivity contribution >= 4 is 46.2 Å². The molecular formula is C13H10Cl2N2OS. The summed E-state index contributed by atoms with van der Waals surface area (Å²) < 4.78 is 0.686. The zero-order valence-electron chi connectivity index (χ0n) is 9.98. The molecule has 2 rings (SSSR count). The van der Waals surface area contributed by atoms with Gasteiger partial charge in [0.2, 0.25) is 0 Å². The number of amides is 1. The Morgan fingerprint density at radius 2 is 2.05 bits per heavy atom. The van der Waals surface area contributed by atoms with Crippen molar-refractivity contribution < 1.29 is 4.79 Å². The van der Waals surface area contributed by atoms with E-state index >= 15 is 0 Å². The van der Waals surface area contributed by atoms with Crippen LogP contribution in [0.4, 0.5) is 0 Å². The minimum absolute atomic E-state index is 0.301. The van der Waals surface area contributed by atoms with Crippen LogP contribution in [0.15, 0.2) is 41.5 Å². The molecule has 0 fully saturated rings. The third kappa shape index (κ3) is 3.80. The van der Waals surface area contributed by atoms with Crippen LogP contribution in [-0.4, -0.2) is 11.6 Å². The van der Waals surface area contributed by atoms with E-state index in [2.05, 4.69) is 10.5 Å². The molecule has 1 aromatic carbocycles. The van der Waals surface area contributed by atoms with E-state index < -0.39 is 0 Å². The van der Waals surface area contributed by atoms with E-state index in [9.17, 15) is 4.79 Å². The van der Waals surface area contributed by atoms with Gasteiger partial charge in [-0.15, -0.1) is 11.3 Å². The topological polar surface area (TPSA) is 41.5 Å². The molecule has 0 saturated carbocycles. The van der Waals surface area contributed by atoms with Crippen molar-refractivity contribution in [3.8, 4) is 0 Å². The molecular weight excluding hydrogens is 303 g/mol. The Hall–Kier alpha value is -1.36. The van der Waals surface area contributed by atoms with E-state index in [1.54, 1.807) is 37.3 Å². The Morgan fingerprint density at radius 1 is 1.26 bits per heavy atom. The van der Waals surface area contributed by atoms with Crippen LogP contribution in [0, 0.1) is 0 Å². The lowest BCUT2D eigenvalue weighted by Gasteiger charge is -2.01. The second-order valence-corrected chi connectivity index (χ2v) is 5.90. The molecule has 0 unspecified atom stereocenters. The van der Waals surface area contributed by atoms with Gasteiger partial charge >= 0.3 is 0 Å². The summed E-state index contributed by atoms with van der Waals surface area (Å²) in [7, 11) is 0. The average molecular weight is 313 g/mol. The summed E-state index contributed by atoms with van der Waals surface area (Å²) in [6.07, 6.45) is 0. The number of hydrogen-bond donors (Lipinski definition) is 1. The molecule has 6 heteroatoms. The van der Waals surface area contributed by atoms with E-state index in [4.69, 9.17) is 23.2 Å². The van der Waals surface area contributed by atoms with Crippen molar-refractivity contribution in [3.63, 3.8) is 0 Å². The predicted octanol–water partition coefficient (Wildman–Crippen LogP) is 4.21. The van der Waals surface area contributed by atoms with Gasteiger partial charge in [-0.2, -0.15) is 5.10 Å². The standard InChI is InChI=1S/C13H10Cl2N2OS/c1-8(11-5-6-12(15)19-11)16-17-13(18)9-3-2-4-10(14)7-9/h2-7H,1H3,(H,17,18)/b16-8-. The zero-order chi connectivity index (χ0) is 13.8. The Balaban J connectivity index is 2.07. The minimum atomic E-state index is -0.301. The Kier molecular flexibility index (Phi) is 4.58. The third-order valence-corrected chi connectivity index (χ3v) is 3.92. The van der Waals surface area contributed by atoms with Crippen LogP contribution >= 0.6 is 34.5 Å². The van der Waals surface area contributed by atoms with E-state index in [1.807, 2.05) is 6.07 Å². The first kappa shape index (κ1) is 14.1. The highest BCUT2D eigenvalue weighted by atomic mass is 35.5. The van der Waals surface area contributed by atoms with E-state index in [0.29, 0.717) is 20.6 Å². The maximum atomic E-state index is 11.8. The molecule has 0 aliphatic heterocycles. The lowest BCUT2D eigenvalue weighted by atomic mass is 10.2. The fraction of sp³-hybridized carbons (Fsp3) is 0.0769. The molecule has 0 saturated heterocycles. The Labute approximate surface area is 124 Å². The van der Waals surface area contributed by atoms with Crippen LogP contribution in [-0.2, 0) is 0 Å². The van der Waals surface area contributed by atoms with Crippen molar-refractivity contribution in [3.05, 3.63) is 56.2 Å². The lowest BCUT2D eigenvalue weighted by molar-refractivity contribution is 0.0955. The molecule has 1 aromatic heterocycles. The molecule has 19 heavy (non-hydrogen) atoms. The number of halogens is 2. The number of thiophene rings is 1. The quantitative estimate of drug-likeness (QED) is 0.669. The van der Waals surface area contributed by atoms with Crippen LogP contribution in [0.2, 0.25) is 9.36 Å². The molecule has 1 heterocycles. The first-order valence-corrected chi connectivity index (χ1v) is 6.99. The van der Waals surface area contributed by atoms with Gasteiger partial charge in [0.1, 0.15) is 0 Å². The van der Waals surface area contributed by atoms with E-state index in [-0.39, 0.29) is 5.91 Å². The Morgan fingerprint density at radius 3 is 2.68 bits per heavy atom. The number of nitrogens with one attached hydrogen (secondary N) is 1. The van der Waals surface area contributed by atoms with Crippen molar-refractivity contribution in [2.75, 3.05) is 0 Å². The molecule has 1 N–H and O–H groups in total. The van der Waals surface area contributed by atoms with Crippen molar-refractivity contribution in [2.24, 2.45) is 5.10 Å². The number of rotatable bonds is 3. The summed E-state index contributed by atoms with van der Waals surface area (Å²) in [5.41, 5.74) is 3.65. The van der Waals surface area contributed by atoms with Gasteiger partial charge in [0.05, 0.1) is 14.9 Å². The molecule has 0 atom stereocenters. The summed E-state index contributed by atoms with van der Waals surface area (Å²) in [5, 5.41) is 4.55. The van der Waals surface area contributed by atoms with Gasteiger partial charge in [-0.05, 0) is 37.3 Å². The second kappa shape index (κ2) is 6.19. The monoisotopic (exact) mass is 312 g/mol. The molecule has 98 valence electrons. The number of hydrazone groups is 1. The molecule has 0 aliphatic carbocycles. The van der Waals surface area contributed by atoms with Gasteiger partial charge in [-0.25, -0.2) is 5.43 Å². The van der Waals surface area contributed by atoms with Crippen molar-refractivity contribution in [1.29, 1.82) is 0 Å². The smallest absolute Gasteiger partial charge is 0.267 e. The molecule has 2 aromatic rings. The van der Waals surface area contributed by atoms with Crippen LogP contribution in [0.5, 0.6) is 0 Å². The zero-order valence-corrected chi connectivity index (χ0v) is 12.3. The lowest BCUT2D eigenvalue weighted by Crippen LogP contribution is -2.19. The summed E-state index contributed by atoms with van der Waals surface area (Å²) >= 11 is 13.1. The molecule has 0 spiro atoms. The van der Waals surface area contributed by atoms with Crippen molar-refractivity contribution in [2.45, 2.75) is 6.92 Å². The van der Waals surface area contributed by atoms with Gasteiger partial charge in [0, 0.05) is 10.6 Å². The maximum Gasteiger partial charge on any atom is 0.271 e. The molecule has 0 aliphatic rings. The highest BCUT2D eigenvalue weighted by Crippen LogP contribution is 2.21. The molecule has 3 nitrogen and oxygen atoms in total. The fourth-order valence-corrected chi connectivity index (χ4v) is 2.57. The van der Waals surface area contributed by atoms with E-state index in [1.165, 1.54) is 11.3 Å². The number of benzene rings is 1. The SMILES string of the molecule is C/C(=N/NC(=O)c1cccc(Cl)c1)c1ccc(Cl)s1. The highest BCUT2D eigenvalue weighted by molar-refractivity contribution is 7.18. The second-order valence-electron chi connectivity index (χ2n) is 3.75. The molecule has 1 amide bonds. The summed E-state index contributed by atoms with van der Waals surface area (Å²) in [6.45, 7) is 1.81. The van der Waals surface area contributed by atoms with Crippen LogP contribution < -0.4 is 5.43 Å². The normalized spacial score (nSPS) is 11.4. The minimum Gasteiger partial charge on any atom is -0.267 e. The van der Waals surface area contributed by atoms with Crippen LogP contribution in [0.25, 0.3) is 0 Å². The van der Waals surface area contributed by atoms with Gasteiger partial charge < -0.3 is 0 Å². The summed E-state index contributed by atoms with van der Waals surface area (Å²) in [4.78, 5) is 12.8. The van der Waals surface area contributed by atoms with E-state index in [0.717, 1.165) is 4.88 Å². The van der Waals surface area contributed by atoms with Gasteiger partial charge in [0.25, 0.3) is 5.91 Å². The average Bonchev–Trinajstić information content (AvgIpc) is 2.82. The van der Waals surface area contributed by atoms with Gasteiger partial charge in [0.15, 0.2) is 0 Å². The number of carbonyl (C=O) groups is 1. The molecule has 0 radical (unpaired) electrons. The van der Waals surface area contributed by atoms with Crippen molar-refractivity contribution in [1.82, 2.24) is 5.43 Å². The summed E-state index contributed by atoms with van der Waals surface area (Å²) in [6, 6.07) is 10.3. The third-order valence-electron chi connectivity index (χ3n) is 2.34. The number of carbonyl (C=O) groups excluding carboxylic acids is 1. The van der Waals surface area contributed by atoms with Gasteiger partial charge in [-0.3, -0.25) is 4.79 Å². The molecule has 0 bridgehead atoms. The Bertz CT molecular complexity index is 637. The summed E-state index contributed by atoms with van der Waals surface area (Å²) in [5.74, 6) is -0.301. The number of hydrogen-bond acceptors (Lipinski definition) is 3. The predicted molar refractivity (Wildman–Crippen MR) is 80.5 cm³/mol.